The van der Waals surface area contributed by atoms with Crippen LogP contribution in [0.1, 0.15) is 46.2 Å². The number of carbonyl (C=O) groups is 1. The van der Waals surface area contributed by atoms with Gasteiger partial charge in [0.1, 0.15) is 0 Å². The largest absolute Gasteiger partial charge is 0.368 e. The van der Waals surface area contributed by atoms with Crippen molar-refractivity contribution in [3.8, 4) is 0 Å². The number of benzene rings is 1. The molecule has 1 aliphatic rings. The van der Waals surface area contributed by atoms with Crippen molar-refractivity contribution >= 4 is 22.6 Å². The number of nitrogens with zero attached hydrogens (tertiary/aromatic N) is 2. The summed E-state index contributed by atoms with van der Waals surface area (Å²) < 4.78 is 15.1. The molecule has 2 atom stereocenters. The monoisotopic (exact) mass is 351 g/mol. The van der Waals surface area contributed by atoms with Gasteiger partial charge in [-0.25, -0.2) is 8.93 Å². The first-order chi connectivity index (χ1) is 11.2. The summed E-state index contributed by atoms with van der Waals surface area (Å²) in [4.78, 5) is 15.6. The lowest BCUT2D eigenvalue weighted by Crippen LogP contribution is -2.48. The van der Waals surface area contributed by atoms with Crippen LogP contribution in [0, 0.1) is 0 Å². The van der Waals surface area contributed by atoms with E-state index in [1.54, 1.807) is 6.92 Å². The van der Waals surface area contributed by atoms with Crippen LogP contribution in [0.5, 0.6) is 0 Å². The van der Waals surface area contributed by atoms with Crippen molar-refractivity contribution in [2.45, 2.75) is 45.4 Å². The lowest BCUT2D eigenvalue weighted by molar-refractivity contribution is -0.129. The molecule has 1 N–H and O–H groups in total. The van der Waals surface area contributed by atoms with E-state index < -0.39 is 11.0 Å². The van der Waals surface area contributed by atoms with Gasteiger partial charge >= 0.3 is 0 Å². The molecule has 134 valence electrons. The molecule has 1 aliphatic heterocycles. The average Bonchev–Trinajstić information content (AvgIpc) is 2.54. The minimum Gasteiger partial charge on any atom is -0.368 e. The summed E-state index contributed by atoms with van der Waals surface area (Å²) in [6, 6.07) is 8.43. The number of carbonyl (C=O) groups excluding carboxylic acids is 1. The van der Waals surface area contributed by atoms with E-state index in [0.717, 1.165) is 31.7 Å². The van der Waals surface area contributed by atoms with Gasteiger partial charge in [-0.05, 0) is 45.4 Å². The number of hydrogen-bond acceptors (Lipinski definition) is 3. The predicted octanol–water partition coefficient (Wildman–Crippen LogP) is 2.47. The minimum absolute atomic E-state index is 0.0358. The Morgan fingerprint density at radius 1 is 1.12 bits per heavy atom. The maximum atomic E-state index is 12.2. The third-order valence-corrected chi connectivity index (χ3v) is 6.00. The Labute approximate surface area is 148 Å². The number of amides is 1. The topological polar surface area (TPSA) is 52.7 Å². The smallest absolute Gasteiger partial charge is 0.219 e. The Balaban J connectivity index is 1.96. The fourth-order valence-electron chi connectivity index (χ4n) is 2.66. The van der Waals surface area contributed by atoms with Crippen molar-refractivity contribution in [1.82, 2.24) is 9.62 Å². The van der Waals surface area contributed by atoms with Gasteiger partial charge in [0, 0.05) is 44.8 Å². The van der Waals surface area contributed by atoms with E-state index in [2.05, 4.69) is 33.9 Å². The molecule has 6 heteroatoms. The van der Waals surface area contributed by atoms with Crippen LogP contribution in [0.25, 0.3) is 0 Å². The SMILES string of the molecule is CC(=O)N1CCN(c2ccc([C@H](C)NS(=O)C(C)(C)C)cc2)CC1. The van der Waals surface area contributed by atoms with Crippen LogP contribution in [0.4, 0.5) is 5.69 Å². The van der Waals surface area contributed by atoms with Gasteiger partial charge in [0.05, 0.1) is 15.7 Å². The molecule has 2 rings (SSSR count). The Kier molecular flexibility index (Phi) is 6.04. The Morgan fingerprint density at radius 3 is 2.12 bits per heavy atom. The standard InChI is InChI=1S/C18H29N3O2S/c1-14(19-24(23)18(3,4)5)16-6-8-17(9-7-16)21-12-10-20(11-13-21)15(2)22/h6-9,14,19H,10-13H2,1-5H3/t14-,24?/m0/s1. The molecule has 24 heavy (non-hydrogen) atoms. The zero-order chi connectivity index (χ0) is 17.9. The highest BCUT2D eigenvalue weighted by atomic mass is 32.2. The Bertz CT molecular complexity index is 587. The molecule has 1 unspecified atom stereocenters. The van der Waals surface area contributed by atoms with Crippen LogP contribution in [0.15, 0.2) is 24.3 Å². The lowest BCUT2D eigenvalue weighted by Gasteiger charge is -2.35. The number of piperazine rings is 1. The number of nitrogens with one attached hydrogen (secondary N) is 1. The summed E-state index contributed by atoms with van der Waals surface area (Å²) in [5.74, 6) is 0.150. The number of hydrogen-bond donors (Lipinski definition) is 1. The molecule has 1 aromatic rings. The van der Waals surface area contributed by atoms with Gasteiger partial charge in [0.25, 0.3) is 0 Å². The molecule has 1 heterocycles. The van der Waals surface area contributed by atoms with E-state index in [1.807, 2.05) is 32.6 Å². The lowest BCUT2D eigenvalue weighted by atomic mass is 10.1. The van der Waals surface area contributed by atoms with Gasteiger partial charge < -0.3 is 9.80 Å². The second kappa shape index (κ2) is 7.66. The molecule has 0 radical (unpaired) electrons. The van der Waals surface area contributed by atoms with Gasteiger partial charge in [0.15, 0.2) is 0 Å². The van der Waals surface area contributed by atoms with Crippen molar-refractivity contribution in [2.75, 3.05) is 31.1 Å². The summed E-state index contributed by atoms with van der Waals surface area (Å²) in [6.07, 6.45) is 0. The van der Waals surface area contributed by atoms with Gasteiger partial charge in [-0.3, -0.25) is 4.79 Å². The van der Waals surface area contributed by atoms with Gasteiger partial charge in [-0.2, -0.15) is 0 Å². The van der Waals surface area contributed by atoms with Gasteiger partial charge in [-0.1, -0.05) is 12.1 Å². The Morgan fingerprint density at radius 2 is 1.67 bits per heavy atom. The van der Waals surface area contributed by atoms with E-state index >= 15 is 0 Å². The maximum Gasteiger partial charge on any atom is 0.219 e. The first-order valence-corrected chi connectivity index (χ1v) is 9.62. The van der Waals surface area contributed by atoms with Crippen molar-refractivity contribution in [2.24, 2.45) is 0 Å². The third kappa shape index (κ3) is 4.80. The van der Waals surface area contributed by atoms with E-state index in [1.165, 1.54) is 5.69 Å². The fourth-order valence-corrected chi connectivity index (χ4v) is 3.47. The average molecular weight is 352 g/mol. The molecule has 1 fully saturated rings. The molecule has 0 spiro atoms. The molecule has 0 saturated carbocycles. The van der Waals surface area contributed by atoms with Crippen LogP contribution in [0.2, 0.25) is 0 Å². The highest BCUT2D eigenvalue weighted by molar-refractivity contribution is 7.84. The van der Waals surface area contributed by atoms with Gasteiger partial charge in [-0.15, -0.1) is 0 Å². The molecule has 0 aromatic heterocycles. The third-order valence-electron chi connectivity index (χ3n) is 4.32. The minimum atomic E-state index is -1.08. The van der Waals surface area contributed by atoms with E-state index in [9.17, 15) is 9.00 Å². The summed E-state index contributed by atoms with van der Waals surface area (Å²) in [5.41, 5.74) is 2.30. The maximum absolute atomic E-state index is 12.2. The van der Waals surface area contributed by atoms with Crippen molar-refractivity contribution in [1.29, 1.82) is 0 Å². The molecular weight excluding hydrogens is 322 g/mol. The van der Waals surface area contributed by atoms with E-state index in [-0.39, 0.29) is 16.7 Å². The summed E-state index contributed by atoms with van der Waals surface area (Å²) >= 11 is 0. The number of anilines is 1. The summed E-state index contributed by atoms with van der Waals surface area (Å²) in [5, 5.41) is 0. The first-order valence-electron chi connectivity index (χ1n) is 8.47. The van der Waals surface area contributed by atoms with Crippen LogP contribution >= 0.6 is 0 Å². The zero-order valence-electron chi connectivity index (χ0n) is 15.3. The molecule has 5 nitrogen and oxygen atoms in total. The van der Waals surface area contributed by atoms with Crippen molar-refractivity contribution in [3.63, 3.8) is 0 Å². The predicted molar refractivity (Wildman–Crippen MR) is 100 cm³/mol. The Hall–Kier alpha value is -1.40. The van der Waals surface area contributed by atoms with Crippen LogP contribution in [-0.2, 0) is 15.8 Å². The normalized spacial score (nSPS) is 18.4. The molecular formula is C18H29N3O2S. The van der Waals surface area contributed by atoms with E-state index in [0.29, 0.717) is 0 Å². The second-order valence-corrected chi connectivity index (χ2v) is 9.30. The van der Waals surface area contributed by atoms with Crippen LogP contribution in [0.3, 0.4) is 0 Å². The fraction of sp³-hybridized carbons (Fsp3) is 0.611. The number of rotatable bonds is 4. The highest BCUT2D eigenvalue weighted by Crippen LogP contribution is 2.22. The first kappa shape index (κ1) is 18.9. The van der Waals surface area contributed by atoms with Crippen molar-refractivity contribution < 1.29 is 9.00 Å². The molecule has 1 aromatic carbocycles. The molecule has 0 aliphatic carbocycles. The molecule has 1 saturated heterocycles. The second-order valence-electron chi connectivity index (χ2n) is 7.31. The zero-order valence-corrected chi connectivity index (χ0v) is 16.2. The van der Waals surface area contributed by atoms with E-state index in [4.69, 9.17) is 0 Å². The molecule has 1 amide bonds. The summed E-state index contributed by atoms with van der Waals surface area (Å²) in [6.45, 7) is 12.8. The summed E-state index contributed by atoms with van der Waals surface area (Å²) in [7, 11) is -1.08. The van der Waals surface area contributed by atoms with Gasteiger partial charge in [0.2, 0.25) is 5.91 Å². The highest BCUT2D eigenvalue weighted by Gasteiger charge is 2.22. The van der Waals surface area contributed by atoms with Crippen LogP contribution < -0.4 is 9.62 Å². The molecule has 0 bridgehead atoms. The quantitative estimate of drug-likeness (QED) is 0.907. The van der Waals surface area contributed by atoms with Crippen LogP contribution in [-0.4, -0.2) is 45.9 Å². The van der Waals surface area contributed by atoms with Crippen molar-refractivity contribution in [3.05, 3.63) is 29.8 Å².